The van der Waals surface area contributed by atoms with Gasteiger partial charge in [-0.1, -0.05) is 13.0 Å². The minimum atomic E-state index is -4.62. The Morgan fingerprint density at radius 1 is 1.35 bits per heavy atom. The van der Waals surface area contributed by atoms with Gasteiger partial charge in [-0.3, -0.25) is 4.90 Å². The highest BCUT2D eigenvalue weighted by molar-refractivity contribution is 5.41. The summed E-state index contributed by atoms with van der Waals surface area (Å²) in [4.78, 5) is 1.46. The van der Waals surface area contributed by atoms with Gasteiger partial charge >= 0.3 is 6.18 Å². The van der Waals surface area contributed by atoms with Crippen LogP contribution in [0.3, 0.4) is 0 Å². The van der Waals surface area contributed by atoms with E-state index in [1.54, 1.807) is 19.1 Å². The van der Waals surface area contributed by atoms with Crippen molar-refractivity contribution >= 4 is 0 Å². The van der Waals surface area contributed by atoms with Crippen LogP contribution in [-0.4, -0.2) is 47.6 Å². The lowest BCUT2D eigenvalue weighted by atomic mass is 10.1. The maximum atomic E-state index is 12.3. The quantitative estimate of drug-likeness (QED) is 0.844. The average Bonchev–Trinajstić information content (AvgIpc) is 2.38. The fourth-order valence-electron chi connectivity index (χ4n) is 1.73. The predicted octanol–water partition coefficient (Wildman–Crippen LogP) is 2.15. The fraction of sp³-hybridized carbons (Fsp3) is 0.538. The van der Waals surface area contributed by atoms with Gasteiger partial charge in [-0.15, -0.1) is 0 Å². The fourth-order valence-corrected chi connectivity index (χ4v) is 1.73. The van der Waals surface area contributed by atoms with E-state index in [1.165, 1.54) is 18.1 Å². The smallest absolute Gasteiger partial charge is 0.415 e. The summed E-state index contributed by atoms with van der Waals surface area (Å²) in [5, 5.41) is 18.5. The first-order valence-electron chi connectivity index (χ1n) is 6.11. The van der Waals surface area contributed by atoms with Gasteiger partial charge in [0.25, 0.3) is 0 Å². The van der Waals surface area contributed by atoms with Gasteiger partial charge in [-0.25, -0.2) is 0 Å². The van der Waals surface area contributed by atoms with E-state index in [0.717, 1.165) is 0 Å². The molecule has 20 heavy (non-hydrogen) atoms. The SMILES string of the molecule is CCN(Cc1ccc(O)c(OC)c1)CC(O)C(F)(F)F. The highest BCUT2D eigenvalue weighted by Gasteiger charge is 2.38. The second kappa shape index (κ2) is 6.81. The molecule has 4 nitrogen and oxygen atoms in total. The molecule has 2 N–H and O–H groups in total. The first-order chi connectivity index (χ1) is 9.27. The number of likely N-dealkylation sites (N-methyl/N-ethyl adjacent to an activating group) is 1. The van der Waals surface area contributed by atoms with Gasteiger partial charge in [0.15, 0.2) is 17.6 Å². The third-order valence-corrected chi connectivity index (χ3v) is 2.91. The minimum absolute atomic E-state index is 0.0328. The number of rotatable bonds is 6. The van der Waals surface area contributed by atoms with Gasteiger partial charge in [-0.2, -0.15) is 13.2 Å². The number of alkyl halides is 3. The lowest BCUT2D eigenvalue weighted by molar-refractivity contribution is -0.208. The molecule has 1 atom stereocenters. The van der Waals surface area contributed by atoms with Crippen molar-refractivity contribution in [1.82, 2.24) is 4.90 Å². The van der Waals surface area contributed by atoms with Crippen LogP contribution in [0.15, 0.2) is 18.2 Å². The van der Waals surface area contributed by atoms with Crippen molar-refractivity contribution in [1.29, 1.82) is 0 Å². The number of aromatic hydroxyl groups is 1. The zero-order valence-electron chi connectivity index (χ0n) is 11.3. The maximum absolute atomic E-state index is 12.3. The van der Waals surface area contributed by atoms with E-state index in [1.807, 2.05) is 0 Å². The Hall–Kier alpha value is -1.47. The summed E-state index contributed by atoms with van der Waals surface area (Å²) >= 11 is 0. The molecule has 0 saturated heterocycles. The number of methoxy groups -OCH3 is 1. The normalized spacial score (nSPS) is 13.6. The van der Waals surface area contributed by atoms with Crippen LogP contribution in [0.2, 0.25) is 0 Å². The lowest BCUT2D eigenvalue weighted by Crippen LogP contribution is -2.40. The molecule has 0 amide bonds. The zero-order valence-corrected chi connectivity index (χ0v) is 11.3. The molecular formula is C13H18F3NO3. The number of phenols is 1. The summed E-state index contributed by atoms with van der Waals surface area (Å²) < 4.78 is 41.9. The number of hydrogen-bond donors (Lipinski definition) is 2. The Bertz CT molecular complexity index is 437. The van der Waals surface area contributed by atoms with Crippen molar-refractivity contribution in [3.8, 4) is 11.5 Å². The number of nitrogens with zero attached hydrogens (tertiary/aromatic N) is 1. The largest absolute Gasteiger partial charge is 0.504 e. The molecule has 0 aliphatic heterocycles. The number of phenolic OH excluding ortho intramolecular Hbond substituents is 1. The average molecular weight is 293 g/mol. The predicted molar refractivity (Wildman–Crippen MR) is 67.7 cm³/mol. The summed E-state index contributed by atoms with van der Waals surface area (Å²) in [7, 11) is 1.39. The first kappa shape index (κ1) is 16.6. The summed E-state index contributed by atoms with van der Waals surface area (Å²) in [6.45, 7) is 1.79. The maximum Gasteiger partial charge on any atom is 0.415 e. The number of hydrogen-bond acceptors (Lipinski definition) is 4. The highest BCUT2D eigenvalue weighted by atomic mass is 19.4. The Kier molecular flexibility index (Phi) is 5.64. The molecule has 0 spiro atoms. The molecule has 0 radical (unpaired) electrons. The van der Waals surface area contributed by atoms with Crippen molar-refractivity contribution in [2.24, 2.45) is 0 Å². The van der Waals surface area contributed by atoms with Gasteiger partial charge in [0.05, 0.1) is 7.11 Å². The third-order valence-electron chi connectivity index (χ3n) is 2.91. The number of aliphatic hydroxyl groups is 1. The molecular weight excluding hydrogens is 275 g/mol. The van der Waals surface area contributed by atoms with Crippen molar-refractivity contribution < 1.29 is 28.1 Å². The molecule has 0 aliphatic rings. The summed E-state index contributed by atoms with van der Waals surface area (Å²) in [5.74, 6) is 0.226. The van der Waals surface area contributed by atoms with Crippen molar-refractivity contribution in [3.63, 3.8) is 0 Å². The highest BCUT2D eigenvalue weighted by Crippen LogP contribution is 2.27. The van der Waals surface area contributed by atoms with Gasteiger partial charge < -0.3 is 14.9 Å². The van der Waals surface area contributed by atoms with Gasteiger partial charge in [-0.05, 0) is 24.2 Å². The van der Waals surface area contributed by atoms with Crippen LogP contribution in [0.1, 0.15) is 12.5 Å². The Morgan fingerprint density at radius 2 is 2.00 bits per heavy atom. The number of halogens is 3. The molecule has 0 fully saturated rings. The van der Waals surface area contributed by atoms with E-state index in [0.29, 0.717) is 12.1 Å². The minimum Gasteiger partial charge on any atom is -0.504 e. The standard InChI is InChI=1S/C13H18F3NO3/c1-3-17(8-12(19)13(14,15)16)7-9-4-5-10(18)11(6-9)20-2/h4-6,12,18-19H,3,7-8H2,1-2H3. The molecule has 1 unspecified atom stereocenters. The van der Waals surface area contributed by atoms with E-state index in [-0.39, 0.29) is 18.0 Å². The molecule has 1 aromatic carbocycles. The molecule has 0 saturated carbocycles. The zero-order chi connectivity index (χ0) is 15.3. The van der Waals surface area contributed by atoms with Crippen molar-refractivity contribution in [2.45, 2.75) is 25.7 Å². The van der Waals surface area contributed by atoms with Crippen molar-refractivity contribution in [2.75, 3.05) is 20.2 Å². The molecule has 0 bridgehead atoms. The Morgan fingerprint density at radius 3 is 2.50 bits per heavy atom. The summed E-state index contributed by atoms with van der Waals surface area (Å²) in [6, 6.07) is 4.57. The van der Waals surface area contributed by atoms with E-state index in [4.69, 9.17) is 9.84 Å². The second-order valence-corrected chi connectivity index (χ2v) is 4.39. The monoisotopic (exact) mass is 293 g/mol. The molecule has 0 aliphatic carbocycles. The third kappa shape index (κ3) is 4.57. The van der Waals surface area contributed by atoms with Gasteiger partial charge in [0, 0.05) is 13.1 Å². The van der Waals surface area contributed by atoms with E-state index < -0.39 is 18.8 Å². The molecule has 114 valence electrons. The number of aliphatic hydroxyl groups excluding tert-OH is 1. The topological polar surface area (TPSA) is 52.9 Å². The van der Waals surface area contributed by atoms with E-state index in [9.17, 15) is 18.3 Å². The van der Waals surface area contributed by atoms with Crippen LogP contribution in [0, 0.1) is 0 Å². The Balaban J connectivity index is 2.74. The molecule has 0 heterocycles. The van der Waals surface area contributed by atoms with E-state index >= 15 is 0 Å². The van der Waals surface area contributed by atoms with Crippen LogP contribution in [0.4, 0.5) is 13.2 Å². The van der Waals surface area contributed by atoms with Crippen LogP contribution in [-0.2, 0) is 6.54 Å². The van der Waals surface area contributed by atoms with Gasteiger partial charge in [0.1, 0.15) is 0 Å². The van der Waals surface area contributed by atoms with E-state index in [2.05, 4.69) is 0 Å². The molecule has 0 aromatic heterocycles. The summed E-state index contributed by atoms with van der Waals surface area (Å²) in [6.07, 6.45) is -7.00. The molecule has 1 rings (SSSR count). The van der Waals surface area contributed by atoms with Crippen LogP contribution in [0.5, 0.6) is 11.5 Å². The van der Waals surface area contributed by atoms with Crippen molar-refractivity contribution in [3.05, 3.63) is 23.8 Å². The summed E-state index contributed by atoms with van der Waals surface area (Å²) in [5.41, 5.74) is 0.691. The van der Waals surface area contributed by atoms with Crippen LogP contribution in [0.25, 0.3) is 0 Å². The number of ether oxygens (including phenoxy) is 1. The second-order valence-electron chi connectivity index (χ2n) is 4.39. The molecule has 7 heteroatoms. The first-order valence-corrected chi connectivity index (χ1v) is 6.11. The van der Waals surface area contributed by atoms with Gasteiger partial charge in [0.2, 0.25) is 0 Å². The van der Waals surface area contributed by atoms with Crippen LogP contribution >= 0.6 is 0 Å². The molecule has 1 aromatic rings. The number of benzene rings is 1. The van der Waals surface area contributed by atoms with Crippen LogP contribution < -0.4 is 4.74 Å². The lowest BCUT2D eigenvalue weighted by Gasteiger charge is -2.25. The Labute approximate surface area is 115 Å².